The molecule has 0 radical (unpaired) electrons. The lowest BCUT2D eigenvalue weighted by Gasteiger charge is -2.10. The molecule has 0 saturated heterocycles. The third kappa shape index (κ3) is 7.07. The summed E-state index contributed by atoms with van der Waals surface area (Å²) in [6.45, 7) is 1.94. The van der Waals surface area contributed by atoms with E-state index in [-0.39, 0.29) is 11.8 Å². The molecule has 0 saturated carbocycles. The predicted octanol–water partition coefficient (Wildman–Crippen LogP) is 2.64. The van der Waals surface area contributed by atoms with Gasteiger partial charge in [-0.2, -0.15) is 0 Å². The van der Waals surface area contributed by atoms with Crippen LogP contribution in [0.15, 0.2) is 41.8 Å². The lowest BCUT2D eigenvalue weighted by atomic mass is 10.1. The van der Waals surface area contributed by atoms with Gasteiger partial charge >= 0.3 is 0 Å². The van der Waals surface area contributed by atoms with E-state index in [4.69, 9.17) is 0 Å². The minimum Gasteiger partial charge on any atom is -0.352 e. The molecule has 1 aromatic heterocycles. The Labute approximate surface area is 153 Å². The first-order chi connectivity index (χ1) is 12.0. The molecule has 0 bridgehead atoms. The molecule has 1 heterocycles. The summed E-state index contributed by atoms with van der Waals surface area (Å²) < 4.78 is 0. The summed E-state index contributed by atoms with van der Waals surface area (Å²) in [5.41, 5.74) is 2.34. The highest BCUT2D eigenvalue weighted by atomic mass is 32.1. The van der Waals surface area contributed by atoms with Crippen molar-refractivity contribution < 1.29 is 9.59 Å². The van der Waals surface area contributed by atoms with Crippen molar-refractivity contribution in [3.8, 4) is 0 Å². The number of carbonyl (C=O) groups is 2. The molecule has 0 fully saturated rings. The van der Waals surface area contributed by atoms with E-state index >= 15 is 0 Å². The summed E-state index contributed by atoms with van der Waals surface area (Å²) in [5.74, 6) is -0.0732. The zero-order valence-electron chi connectivity index (χ0n) is 14.7. The number of thiophene rings is 1. The van der Waals surface area contributed by atoms with Crippen LogP contribution in [0.5, 0.6) is 0 Å². The van der Waals surface area contributed by atoms with Crippen LogP contribution in [0.4, 0.5) is 0 Å². The van der Waals surface area contributed by atoms with Gasteiger partial charge in [0.2, 0.25) is 5.91 Å². The molecule has 0 aliphatic rings. The SMILES string of the molecule is CN(C)Cc1ccc(CNC(=O)CCCNC(=O)c2cccs2)cc1. The Morgan fingerprint density at radius 2 is 1.76 bits per heavy atom. The van der Waals surface area contributed by atoms with E-state index in [1.807, 2.05) is 37.7 Å². The second-order valence-electron chi connectivity index (χ2n) is 6.17. The zero-order chi connectivity index (χ0) is 18.1. The van der Waals surface area contributed by atoms with Crippen LogP contribution in [-0.4, -0.2) is 37.4 Å². The van der Waals surface area contributed by atoms with Crippen LogP contribution in [0.25, 0.3) is 0 Å². The van der Waals surface area contributed by atoms with Crippen molar-refractivity contribution in [3.05, 3.63) is 57.8 Å². The van der Waals surface area contributed by atoms with Gasteiger partial charge in [-0.1, -0.05) is 30.3 Å². The van der Waals surface area contributed by atoms with Gasteiger partial charge in [0, 0.05) is 26.1 Å². The van der Waals surface area contributed by atoms with Crippen molar-refractivity contribution in [2.45, 2.75) is 25.9 Å². The number of hydrogen-bond acceptors (Lipinski definition) is 4. The van der Waals surface area contributed by atoms with E-state index in [1.54, 1.807) is 6.07 Å². The predicted molar refractivity (Wildman–Crippen MR) is 102 cm³/mol. The fraction of sp³-hybridized carbons (Fsp3) is 0.368. The lowest BCUT2D eigenvalue weighted by molar-refractivity contribution is -0.121. The monoisotopic (exact) mass is 359 g/mol. The van der Waals surface area contributed by atoms with Gasteiger partial charge in [-0.25, -0.2) is 0 Å². The van der Waals surface area contributed by atoms with Crippen molar-refractivity contribution in [1.82, 2.24) is 15.5 Å². The highest BCUT2D eigenvalue weighted by molar-refractivity contribution is 7.12. The zero-order valence-corrected chi connectivity index (χ0v) is 15.6. The van der Waals surface area contributed by atoms with Gasteiger partial charge in [0.25, 0.3) is 5.91 Å². The van der Waals surface area contributed by atoms with Gasteiger partial charge in [-0.05, 0) is 43.1 Å². The van der Waals surface area contributed by atoms with E-state index in [9.17, 15) is 9.59 Å². The highest BCUT2D eigenvalue weighted by Crippen LogP contribution is 2.08. The van der Waals surface area contributed by atoms with Crippen LogP contribution in [0.1, 0.15) is 33.6 Å². The second kappa shape index (κ2) is 9.96. The maximum atomic E-state index is 11.9. The number of amides is 2. The molecule has 0 unspecified atom stereocenters. The summed E-state index contributed by atoms with van der Waals surface area (Å²) in [4.78, 5) is 26.4. The first-order valence-corrected chi connectivity index (χ1v) is 9.23. The third-order valence-electron chi connectivity index (χ3n) is 3.62. The van der Waals surface area contributed by atoms with Crippen molar-refractivity contribution in [2.24, 2.45) is 0 Å². The summed E-state index contributed by atoms with van der Waals surface area (Å²) in [6.07, 6.45) is 1.04. The first-order valence-electron chi connectivity index (χ1n) is 8.35. The van der Waals surface area contributed by atoms with E-state index < -0.39 is 0 Å². The van der Waals surface area contributed by atoms with Crippen LogP contribution < -0.4 is 10.6 Å². The second-order valence-corrected chi connectivity index (χ2v) is 7.12. The topological polar surface area (TPSA) is 61.4 Å². The smallest absolute Gasteiger partial charge is 0.261 e. The van der Waals surface area contributed by atoms with Crippen LogP contribution in [0.2, 0.25) is 0 Å². The molecule has 25 heavy (non-hydrogen) atoms. The molecule has 6 heteroatoms. The van der Waals surface area contributed by atoms with Crippen LogP contribution in [-0.2, 0) is 17.9 Å². The molecule has 0 aliphatic carbocycles. The minimum atomic E-state index is -0.0757. The van der Waals surface area contributed by atoms with E-state index in [2.05, 4.69) is 27.7 Å². The van der Waals surface area contributed by atoms with E-state index in [0.717, 1.165) is 12.1 Å². The minimum absolute atomic E-state index is 0.00254. The molecular formula is C19H25N3O2S. The van der Waals surface area contributed by atoms with Gasteiger partial charge in [-0.3, -0.25) is 9.59 Å². The van der Waals surface area contributed by atoms with E-state index in [0.29, 0.717) is 30.8 Å². The van der Waals surface area contributed by atoms with Gasteiger partial charge < -0.3 is 15.5 Å². The molecular weight excluding hydrogens is 334 g/mol. The highest BCUT2D eigenvalue weighted by Gasteiger charge is 2.06. The molecule has 134 valence electrons. The largest absolute Gasteiger partial charge is 0.352 e. The molecule has 0 atom stereocenters. The normalized spacial score (nSPS) is 10.7. The van der Waals surface area contributed by atoms with Crippen molar-refractivity contribution in [3.63, 3.8) is 0 Å². The Hall–Kier alpha value is -2.18. The van der Waals surface area contributed by atoms with Gasteiger partial charge in [0.15, 0.2) is 0 Å². The fourth-order valence-corrected chi connectivity index (χ4v) is 3.00. The summed E-state index contributed by atoms with van der Waals surface area (Å²) >= 11 is 1.41. The summed E-state index contributed by atoms with van der Waals surface area (Å²) in [6, 6.07) is 11.9. The van der Waals surface area contributed by atoms with E-state index in [1.165, 1.54) is 16.9 Å². The van der Waals surface area contributed by atoms with Crippen molar-refractivity contribution in [2.75, 3.05) is 20.6 Å². The van der Waals surface area contributed by atoms with Crippen LogP contribution >= 0.6 is 11.3 Å². The molecule has 2 N–H and O–H groups in total. The van der Waals surface area contributed by atoms with Gasteiger partial charge in [-0.15, -0.1) is 11.3 Å². The summed E-state index contributed by atoms with van der Waals surface area (Å²) in [5, 5.41) is 7.61. The number of carbonyl (C=O) groups excluding carboxylic acids is 2. The third-order valence-corrected chi connectivity index (χ3v) is 4.49. The molecule has 2 aromatic rings. The fourth-order valence-electron chi connectivity index (χ4n) is 2.36. The maximum absolute atomic E-state index is 11.9. The van der Waals surface area contributed by atoms with Gasteiger partial charge in [0.05, 0.1) is 4.88 Å². The van der Waals surface area contributed by atoms with Crippen LogP contribution in [0.3, 0.4) is 0 Å². The molecule has 0 spiro atoms. The average molecular weight is 359 g/mol. The molecule has 1 aromatic carbocycles. The molecule has 2 rings (SSSR count). The van der Waals surface area contributed by atoms with Gasteiger partial charge in [0.1, 0.15) is 0 Å². The number of hydrogen-bond donors (Lipinski definition) is 2. The molecule has 2 amide bonds. The number of rotatable bonds is 9. The Morgan fingerprint density at radius 1 is 1.04 bits per heavy atom. The van der Waals surface area contributed by atoms with Crippen molar-refractivity contribution in [1.29, 1.82) is 0 Å². The summed E-state index contributed by atoms with van der Waals surface area (Å²) in [7, 11) is 4.08. The number of nitrogens with zero attached hydrogens (tertiary/aromatic N) is 1. The molecule has 0 aliphatic heterocycles. The van der Waals surface area contributed by atoms with Crippen LogP contribution in [0, 0.1) is 0 Å². The lowest BCUT2D eigenvalue weighted by Crippen LogP contribution is -2.26. The quantitative estimate of drug-likeness (QED) is 0.677. The Bertz CT molecular complexity index is 666. The average Bonchev–Trinajstić information content (AvgIpc) is 3.12. The standard InChI is InChI=1S/C19H25N3O2S/c1-22(2)14-16-9-7-15(8-10-16)13-21-18(23)6-3-11-20-19(24)17-5-4-12-25-17/h4-5,7-10,12H,3,6,11,13-14H2,1-2H3,(H,20,24)(H,21,23). The Morgan fingerprint density at radius 3 is 2.40 bits per heavy atom. The maximum Gasteiger partial charge on any atom is 0.261 e. The Kier molecular flexibility index (Phi) is 7.63. The number of benzene rings is 1. The number of nitrogens with one attached hydrogen (secondary N) is 2. The van der Waals surface area contributed by atoms with Crippen molar-refractivity contribution >= 4 is 23.2 Å². The first kappa shape index (κ1) is 19.1. The Balaban J connectivity index is 1.61. The molecule has 5 nitrogen and oxygen atoms in total.